The molecule has 1 heterocycles. The van der Waals surface area contributed by atoms with Gasteiger partial charge >= 0.3 is 0 Å². The number of amidine groups is 1. The van der Waals surface area contributed by atoms with Gasteiger partial charge in [0.2, 0.25) is 0 Å². The number of nitrogen functional groups attached to an aromatic ring is 1. The molecule has 0 saturated carbocycles. The van der Waals surface area contributed by atoms with E-state index in [9.17, 15) is 13.6 Å². The van der Waals surface area contributed by atoms with Crippen molar-refractivity contribution in [2.24, 2.45) is 5.73 Å². The van der Waals surface area contributed by atoms with Gasteiger partial charge in [-0.1, -0.05) is 24.3 Å². The monoisotopic (exact) mass is 488 g/mol. The third-order valence-corrected chi connectivity index (χ3v) is 5.14. The molecule has 1 atom stereocenters. The van der Waals surface area contributed by atoms with Crippen molar-refractivity contribution < 1.29 is 23.0 Å². The number of ether oxygens (including phenoxy) is 2. The summed E-state index contributed by atoms with van der Waals surface area (Å²) in [6, 6.07) is 11.9. The summed E-state index contributed by atoms with van der Waals surface area (Å²) in [5, 5.41) is 7.43. The summed E-state index contributed by atoms with van der Waals surface area (Å²) in [4.78, 5) is 16.9. The second-order valence-corrected chi connectivity index (χ2v) is 7.66. The molecule has 2 aromatic carbocycles. The topological polar surface area (TPSA) is 102 Å². The van der Waals surface area contributed by atoms with E-state index in [4.69, 9.17) is 32.4 Å². The van der Waals surface area contributed by atoms with Gasteiger partial charge < -0.3 is 15.2 Å². The Labute approximate surface area is 200 Å². The zero-order chi connectivity index (χ0) is 24.7. The second-order valence-electron chi connectivity index (χ2n) is 7.25. The normalized spacial score (nSPS) is 11.6. The largest absolute Gasteiger partial charge is 0.489 e. The van der Waals surface area contributed by atoms with Gasteiger partial charge in [-0.25, -0.2) is 13.2 Å². The van der Waals surface area contributed by atoms with Crippen LogP contribution in [0.3, 0.4) is 0 Å². The van der Waals surface area contributed by atoms with Crippen LogP contribution in [0.2, 0.25) is 0 Å². The Morgan fingerprint density at radius 2 is 1.74 bits per heavy atom. The van der Waals surface area contributed by atoms with Crippen LogP contribution in [0.1, 0.15) is 35.3 Å². The molecule has 34 heavy (non-hydrogen) atoms. The molecule has 0 saturated heterocycles. The Kier molecular flexibility index (Phi) is 8.50. The van der Waals surface area contributed by atoms with Crippen LogP contribution in [-0.4, -0.2) is 27.8 Å². The number of hydrogen-bond acceptors (Lipinski definition) is 5. The molecule has 3 N–H and O–H groups in total. The molecule has 0 spiro atoms. The number of aromatic nitrogens is 1. The Morgan fingerprint density at radius 3 is 2.29 bits per heavy atom. The number of nitrogens with two attached hydrogens (primary N) is 1. The molecule has 0 aliphatic carbocycles. The van der Waals surface area contributed by atoms with E-state index in [0.717, 1.165) is 22.1 Å². The highest BCUT2D eigenvalue weighted by Crippen LogP contribution is 2.31. The van der Waals surface area contributed by atoms with Crippen molar-refractivity contribution in [1.82, 2.24) is 9.40 Å². The smallest absolute Gasteiger partial charge is 0.271 e. The molecule has 7 nitrogen and oxygen atoms in total. The molecule has 1 amide bonds. The van der Waals surface area contributed by atoms with Gasteiger partial charge in [0.15, 0.2) is 6.10 Å². The van der Waals surface area contributed by atoms with Crippen molar-refractivity contribution in [2.45, 2.75) is 26.2 Å². The molecule has 0 fully saturated rings. The zero-order valence-corrected chi connectivity index (χ0v) is 19.1. The van der Waals surface area contributed by atoms with E-state index in [1.807, 2.05) is 0 Å². The minimum absolute atomic E-state index is 0.0214. The molecule has 10 heteroatoms. The third kappa shape index (κ3) is 6.27. The number of benzene rings is 2. The second kappa shape index (κ2) is 11.5. The maximum Gasteiger partial charge on any atom is 0.271 e. The molecular formula is C24H23ClF2N4O3. The zero-order valence-electron chi connectivity index (χ0n) is 18.3. The van der Waals surface area contributed by atoms with Gasteiger partial charge in [-0.05, 0) is 30.2 Å². The van der Waals surface area contributed by atoms with E-state index in [1.54, 1.807) is 55.7 Å². The molecule has 0 bridgehead atoms. The molecule has 3 rings (SSSR count). The molecule has 1 aromatic heterocycles. The highest BCUT2D eigenvalue weighted by atomic mass is 35.5. The van der Waals surface area contributed by atoms with Gasteiger partial charge in [0.1, 0.15) is 29.8 Å². The summed E-state index contributed by atoms with van der Waals surface area (Å²) < 4.78 is 41.5. The number of nitrogens with zero attached hydrogens (tertiary/aromatic N) is 2. The fourth-order valence-electron chi connectivity index (χ4n) is 3.14. The van der Waals surface area contributed by atoms with Crippen LogP contribution in [0.5, 0.6) is 5.75 Å². The van der Waals surface area contributed by atoms with E-state index in [1.165, 1.54) is 0 Å². The van der Waals surface area contributed by atoms with Crippen molar-refractivity contribution in [3.8, 4) is 5.75 Å². The predicted molar refractivity (Wildman–Crippen MR) is 123 cm³/mol. The molecule has 178 valence electrons. The van der Waals surface area contributed by atoms with Crippen LogP contribution in [-0.2, 0) is 22.7 Å². The number of halogens is 3. The Hall–Kier alpha value is -3.56. The Bertz CT molecular complexity index is 1120. The van der Waals surface area contributed by atoms with Crippen molar-refractivity contribution >= 4 is 23.5 Å². The first-order valence-corrected chi connectivity index (χ1v) is 10.7. The van der Waals surface area contributed by atoms with Gasteiger partial charge in [0, 0.05) is 48.5 Å². The SMILES string of the molecule is CCOC(C(=O)N(Cl)Cc1ccc(C(=N)N)cc1)c1c(F)cc(OCc2ccncc2)cc1F. The molecule has 0 aliphatic heterocycles. The number of amides is 1. The van der Waals surface area contributed by atoms with Gasteiger partial charge in [-0.2, -0.15) is 0 Å². The average Bonchev–Trinajstić information content (AvgIpc) is 2.82. The minimum atomic E-state index is -1.59. The number of pyridine rings is 1. The lowest BCUT2D eigenvalue weighted by Crippen LogP contribution is -2.30. The minimum Gasteiger partial charge on any atom is -0.489 e. The molecule has 3 aromatic rings. The summed E-state index contributed by atoms with van der Waals surface area (Å²) in [5.74, 6) is -2.95. The molecular weight excluding hydrogens is 466 g/mol. The quantitative estimate of drug-likeness (QED) is 0.249. The first kappa shape index (κ1) is 25.1. The molecule has 1 unspecified atom stereocenters. The van der Waals surface area contributed by atoms with Crippen molar-refractivity contribution in [3.05, 3.63) is 94.8 Å². The van der Waals surface area contributed by atoms with E-state index < -0.39 is 29.2 Å². The van der Waals surface area contributed by atoms with E-state index in [0.29, 0.717) is 11.1 Å². The summed E-state index contributed by atoms with van der Waals surface area (Å²) in [7, 11) is 0. The van der Waals surface area contributed by atoms with Gasteiger partial charge in [-0.15, -0.1) is 0 Å². The first-order valence-electron chi connectivity index (χ1n) is 10.3. The predicted octanol–water partition coefficient (Wildman–Crippen LogP) is 4.48. The van der Waals surface area contributed by atoms with Crippen molar-refractivity contribution in [3.63, 3.8) is 0 Å². The summed E-state index contributed by atoms with van der Waals surface area (Å²) in [6.07, 6.45) is 1.57. The lowest BCUT2D eigenvalue weighted by molar-refractivity contribution is -0.139. The fourth-order valence-corrected chi connectivity index (χ4v) is 3.37. The van der Waals surface area contributed by atoms with E-state index in [-0.39, 0.29) is 31.3 Å². The summed E-state index contributed by atoms with van der Waals surface area (Å²) in [5.41, 5.74) is 6.79. The van der Waals surface area contributed by atoms with Gasteiger partial charge in [0.05, 0.1) is 12.1 Å². The number of rotatable bonds is 10. The van der Waals surface area contributed by atoms with Crippen LogP contribution >= 0.6 is 11.8 Å². The van der Waals surface area contributed by atoms with Crippen LogP contribution < -0.4 is 10.5 Å². The summed E-state index contributed by atoms with van der Waals surface area (Å²) >= 11 is 6.16. The maximum absolute atomic E-state index is 14.9. The standard InChI is InChI=1S/C24H23ClF2N4O3/c1-2-33-22(24(32)31(25)13-15-3-5-17(6-4-15)23(28)29)21-19(26)11-18(12-20(21)27)34-14-16-7-9-30-10-8-16/h3-12,22H,2,13-14H2,1H3,(H3,28,29). The van der Waals surface area contributed by atoms with E-state index in [2.05, 4.69) is 4.98 Å². The lowest BCUT2D eigenvalue weighted by atomic mass is 10.1. The van der Waals surface area contributed by atoms with Crippen molar-refractivity contribution in [1.29, 1.82) is 5.41 Å². The highest BCUT2D eigenvalue weighted by molar-refractivity contribution is 6.21. The number of carbonyl (C=O) groups is 1. The van der Waals surface area contributed by atoms with Gasteiger partial charge in [-0.3, -0.25) is 15.2 Å². The summed E-state index contributed by atoms with van der Waals surface area (Å²) in [6.45, 7) is 1.65. The Balaban J connectivity index is 1.77. The molecule has 0 radical (unpaired) electrons. The number of hydrogen-bond donors (Lipinski definition) is 2. The fraction of sp³-hybridized carbons (Fsp3) is 0.208. The number of nitrogens with one attached hydrogen (secondary N) is 1. The van der Waals surface area contributed by atoms with Crippen molar-refractivity contribution in [2.75, 3.05) is 6.61 Å². The lowest BCUT2D eigenvalue weighted by Gasteiger charge is -2.23. The van der Waals surface area contributed by atoms with E-state index >= 15 is 0 Å². The van der Waals surface area contributed by atoms with Crippen LogP contribution in [0, 0.1) is 17.0 Å². The van der Waals surface area contributed by atoms with Gasteiger partial charge in [0.25, 0.3) is 5.91 Å². The Morgan fingerprint density at radius 1 is 1.12 bits per heavy atom. The van der Waals surface area contributed by atoms with Crippen LogP contribution in [0.25, 0.3) is 0 Å². The highest BCUT2D eigenvalue weighted by Gasteiger charge is 2.32. The van der Waals surface area contributed by atoms with Crippen LogP contribution in [0.15, 0.2) is 60.9 Å². The third-order valence-electron chi connectivity index (χ3n) is 4.85. The maximum atomic E-state index is 14.9. The molecule has 0 aliphatic rings. The average molecular weight is 489 g/mol. The first-order chi connectivity index (χ1) is 16.3. The number of carbonyl (C=O) groups excluding carboxylic acids is 1. The van der Waals surface area contributed by atoms with Crippen LogP contribution in [0.4, 0.5) is 8.78 Å².